The van der Waals surface area contributed by atoms with E-state index in [-0.39, 0.29) is 6.61 Å². The van der Waals surface area contributed by atoms with Gasteiger partial charge in [-0.1, -0.05) is 6.92 Å². The molecule has 0 amide bonds. The third kappa shape index (κ3) is 4.73. The van der Waals surface area contributed by atoms with Gasteiger partial charge < -0.3 is 15.3 Å². The van der Waals surface area contributed by atoms with Gasteiger partial charge in [-0.25, -0.2) is 0 Å². The molecule has 0 bridgehead atoms. The Morgan fingerprint density at radius 2 is 2.40 bits per heavy atom. The monoisotopic (exact) mass is 229 g/mol. The number of aliphatic hydroxyl groups is 1. The summed E-state index contributed by atoms with van der Waals surface area (Å²) in [7, 11) is 0. The van der Waals surface area contributed by atoms with E-state index < -0.39 is 5.54 Å². The zero-order valence-corrected chi connectivity index (χ0v) is 10.1. The minimum Gasteiger partial charge on any atom is -0.468 e. The van der Waals surface area contributed by atoms with Gasteiger partial charge in [0.1, 0.15) is 5.76 Å². The lowest BCUT2D eigenvalue weighted by Crippen LogP contribution is -2.42. The summed E-state index contributed by atoms with van der Waals surface area (Å²) < 4.78 is 5.24. The molecule has 1 aromatic heterocycles. The van der Waals surface area contributed by atoms with Crippen molar-refractivity contribution >= 4 is 11.8 Å². The fourth-order valence-corrected chi connectivity index (χ4v) is 2.51. The molecule has 0 aliphatic heterocycles. The van der Waals surface area contributed by atoms with Gasteiger partial charge in [-0.05, 0) is 25.5 Å². The van der Waals surface area contributed by atoms with E-state index in [0.717, 1.165) is 17.9 Å². The summed E-state index contributed by atoms with van der Waals surface area (Å²) in [6.45, 7) is 4.02. The lowest BCUT2D eigenvalue weighted by Gasteiger charge is -2.25. The van der Waals surface area contributed by atoms with Crippen LogP contribution < -0.4 is 5.73 Å². The van der Waals surface area contributed by atoms with Crippen LogP contribution in [0.2, 0.25) is 0 Å². The van der Waals surface area contributed by atoms with Crippen molar-refractivity contribution in [2.45, 2.75) is 36.8 Å². The van der Waals surface area contributed by atoms with E-state index in [0.29, 0.717) is 5.25 Å². The Hall–Kier alpha value is -0.450. The lowest BCUT2D eigenvalue weighted by molar-refractivity contribution is 0.201. The summed E-state index contributed by atoms with van der Waals surface area (Å²) in [6.07, 6.45) is 2.48. The molecule has 1 rings (SSSR count). The van der Waals surface area contributed by atoms with Crippen LogP contribution in [0.15, 0.2) is 22.8 Å². The molecule has 3 N–H and O–H groups in total. The molecule has 0 saturated heterocycles. The van der Waals surface area contributed by atoms with Crippen LogP contribution in [-0.4, -0.2) is 22.5 Å². The van der Waals surface area contributed by atoms with Crippen LogP contribution in [0.3, 0.4) is 0 Å². The predicted octanol–water partition coefficient (Wildman–Crippen LogP) is 2.00. The number of furan rings is 1. The first-order valence-corrected chi connectivity index (χ1v) is 6.12. The van der Waals surface area contributed by atoms with Crippen molar-refractivity contribution < 1.29 is 9.52 Å². The second-order valence-electron chi connectivity index (χ2n) is 4.22. The molecular weight excluding hydrogens is 210 g/mol. The Morgan fingerprint density at radius 3 is 2.93 bits per heavy atom. The quantitative estimate of drug-likeness (QED) is 0.783. The van der Waals surface area contributed by atoms with Crippen LogP contribution in [0, 0.1) is 0 Å². The molecule has 0 radical (unpaired) electrons. The van der Waals surface area contributed by atoms with Gasteiger partial charge in [0.05, 0.1) is 18.6 Å². The summed E-state index contributed by atoms with van der Waals surface area (Å²) in [6, 6.07) is 3.86. The fourth-order valence-electron chi connectivity index (χ4n) is 1.40. The second kappa shape index (κ2) is 5.58. The molecule has 0 fully saturated rings. The first-order chi connectivity index (χ1) is 7.03. The average Bonchev–Trinajstić information content (AvgIpc) is 2.66. The van der Waals surface area contributed by atoms with Gasteiger partial charge >= 0.3 is 0 Å². The molecule has 0 aromatic carbocycles. The average molecular weight is 229 g/mol. The normalized spacial score (nSPS) is 17.3. The molecule has 0 spiro atoms. The Balaban J connectivity index is 2.27. The van der Waals surface area contributed by atoms with Gasteiger partial charge in [0.15, 0.2) is 0 Å². The van der Waals surface area contributed by atoms with Gasteiger partial charge in [-0.3, -0.25) is 0 Å². The standard InChI is InChI=1S/C11H19NO2S/c1-9(6-11(2,12)8-13)15-7-10-4-3-5-14-10/h3-5,9,13H,6-8,12H2,1-2H3. The van der Waals surface area contributed by atoms with E-state index in [1.807, 2.05) is 19.1 Å². The number of aliphatic hydroxyl groups excluding tert-OH is 1. The number of hydrogen-bond donors (Lipinski definition) is 2. The summed E-state index contributed by atoms with van der Waals surface area (Å²) in [5, 5.41) is 9.46. The van der Waals surface area contributed by atoms with Crippen molar-refractivity contribution in [1.82, 2.24) is 0 Å². The predicted molar refractivity (Wildman–Crippen MR) is 63.8 cm³/mol. The van der Waals surface area contributed by atoms with E-state index in [9.17, 15) is 0 Å². The van der Waals surface area contributed by atoms with E-state index in [1.54, 1.807) is 18.0 Å². The molecule has 1 aromatic rings. The molecule has 86 valence electrons. The van der Waals surface area contributed by atoms with Crippen molar-refractivity contribution in [3.05, 3.63) is 24.2 Å². The third-order valence-electron chi connectivity index (χ3n) is 2.21. The van der Waals surface area contributed by atoms with E-state index in [1.165, 1.54) is 0 Å². The molecule has 0 aliphatic rings. The largest absolute Gasteiger partial charge is 0.468 e. The Bertz CT molecular complexity index is 272. The highest BCUT2D eigenvalue weighted by Gasteiger charge is 2.20. The Labute approximate surface area is 95.0 Å². The van der Waals surface area contributed by atoms with Gasteiger partial charge in [0.25, 0.3) is 0 Å². The minimum atomic E-state index is -0.477. The van der Waals surface area contributed by atoms with Crippen LogP contribution in [-0.2, 0) is 5.75 Å². The summed E-state index contributed by atoms with van der Waals surface area (Å²) in [5.74, 6) is 1.84. The molecule has 3 nitrogen and oxygen atoms in total. The van der Waals surface area contributed by atoms with E-state index in [4.69, 9.17) is 15.3 Å². The summed E-state index contributed by atoms with van der Waals surface area (Å²) in [4.78, 5) is 0. The molecule has 2 atom stereocenters. The van der Waals surface area contributed by atoms with Crippen LogP contribution in [0.4, 0.5) is 0 Å². The second-order valence-corrected chi connectivity index (χ2v) is 5.64. The van der Waals surface area contributed by atoms with Crippen LogP contribution in [0.1, 0.15) is 26.0 Å². The Kier molecular flexibility index (Phi) is 4.70. The summed E-state index contributed by atoms with van der Waals surface area (Å²) in [5.41, 5.74) is 5.40. The zero-order chi connectivity index (χ0) is 11.3. The fraction of sp³-hybridized carbons (Fsp3) is 0.636. The van der Waals surface area contributed by atoms with Crippen molar-refractivity contribution in [3.63, 3.8) is 0 Å². The van der Waals surface area contributed by atoms with Gasteiger partial charge in [0, 0.05) is 10.8 Å². The molecule has 0 saturated carbocycles. The van der Waals surface area contributed by atoms with Gasteiger partial charge in [0.2, 0.25) is 0 Å². The molecule has 15 heavy (non-hydrogen) atoms. The zero-order valence-electron chi connectivity index (χ0n) is 9.27. The molecule has 2 unspecified atom stereocenters. The van der Waals surface area contributed by atoms with Crippen molar-refractivity contribution in [2.24, 2.45) is 5.73 Å². The van der Waals surface area contributed by atoms with Crippen LogP contribution >= 0.6 is 11.8 Å². The third-order valence-corrected chi connectivity index (χ3v) is 3.39. The van der Waals surface area contributed by atoms with E-state index >= 15 is 0 Å². The summed E-state index contributed by atoms with van der Waals surface area (Å²) >= 11 is 1.79. The highest BCUT2D eigenvalue weighted by atomic mass is 32.2. The first-order valence-electron chi connectivity index (χ1n) is 5.07. The Morgan fingerprint density at radius 1 is 1.67 bits per heavy atom. The first kappa shape index (κ1) is 12.6. The number of hydrogen-bond acceptors (Lipinski definition) is 4. The van der Waals surface area contributed by atoms with Gasteiger partial charge in [-0.2, -0.15) is 11.8 Å². The topological polar surface area (TPSA) is 59.4 Å². The maximum atomic E-state index is 9.04. The smallest absolute Gasteiger partial charge is 0.113 e. The van der Waals surface area contributed by atoms with Crippen LogP contribution in [0.5, 0.6) is 0 Å². The molecular formula is C11H19NO2S. The number of nitrogens with two attached hydrogens (primary N) is 1. The molecule has 0 aliphatic carbocycles. The van der Waals surface area contributed by atoms with E-state index in [2.05, 4.69) is 6.92 Å². The maximum absolute atomic E-state index is 9.04. The lowest BCUT2D eigenvalue weighted by atomic mass is 9.99. The highest BCUT2D eigenvalue weighted by Crippen LogP contribution is 2.23. The highest BCUT2D eigenvalue weighted by molar-refractivity contribution is 7.99. The molecule has 4 heteroatoms. The number of thioether (sulfide) groups is 1. The van der Waals surface area contributed by atoms with Crippen molar-refractivity contribution in [2.75, 3.05) is 6.61 Å². The van der Waals surface area contributed by atoms with Crippen molar-refractivity contribution in [1.29, 1.82) is 0 Å². The molecule has 1 heterocycles. The van der Waals surface area contributed by atoms with Crippen LogP contribution in [0.25, 0.3) is 0 Å². The maximum Gasteiger partial charge on any atom is 0.113 e. The van der Waals surface area contributed by atoms with Gasteiger partial charge in [-0.15, -0.1) is 0 Å². The van der Waals surface area contributed by atoms with Crippen molar-refractivity contribution in [3.8, 4) is 0 Å². The SMILES string of the molecule is CC(CC(C)(N)CO)SCc1ccco1. The number of rotatable bonds is 6. The minimum absolute atomic E-state index is 0.0264.